The van der Waals surface area contributed by atoms with Gasteiger partial charge in [-0.1, -0.05) is 6.07 Å². The Morgan fingerprint density at radius 3 is 2.48 bits per heavy atom. The number of benzene rings is 1. The quantitative estimate of drug-likeness (QED) is 0.912. The number of hydrogen-bond acceptors (Lipinski definition) is 6. The predicted molar refractivity (Wildman–Crippen MR) is 84.3 cm³/mol. The highest BCUT2D eigenvalue weighted by atomic mass is 16.5. The van der Waals surface area contributed by atoms with E-state index in [2.05, 4.69) is 27.2 Å². The van der Waals surface area contributed by atoms with Crippen LogP contribution in [0.25, 0.3) is 0 Å². The average molecular weight is 287 g/mol. The molecule has 0 fully saturated rings. The predicted octanol–water partition coefficient (Wildman–Crippen LogP) is 2.78. The van der Waals surface area contributed by atoms with E-state index in [-0.39, 0.29) is 6.01 Å². The molecular formula is C15H21N5O. The van der Waals surface area contributed by atoms with Gasteiger partial charge in [0.05, 0.1) is 0 Å². The first-order valence-corrected chi connectivity index (χ1v) is 6.92. The Morgan fingerprint density at radius 1 is 1.10 bits per heavy atom. The molecule has 0 atom stereocenters. The normalized spacial score (nSPS) is 10.3. The van der Waals surface area contributed by atoms with E-state index in [0.29, 0.717) is 11.9 Å². The molecule has 2 aromatic rings. The lowest BCUT2D eigenvalue weighted by molar-refractivity contribution is 0.440. The van der Waals surface area contributed by atoms with Crippen LogP contribution >= 0.6 is 0 Å². The van der Waals surface area contributed by atoms with Crippen molar-refractivity contribution in [3.8, 4) is 11.8 Å². The molecule has 0 aliphatic rings. The van der Waals surface area contributed by atoms with Crippen molar-refractivity contribution in [3.63, 3.8) is 0 Å². The van der Waals surface area contributed by atoms with Crippen molar-refractivity contribution < 1.29 is 4.74 Å². The maximum atomic E-state index is 5.76. The van der Waals surface area contributed by atoms with Crippen LogP contribution in [0.4, 0.5) is 11.9 Å². The number of rotatable bonds is 5. The molecule has 1 heterocycles. The van der Waals surface area contributed by atoms with Crippen molar-refractivity contribution in [3.05, 3.63) is 29.3 Å². The zero-order valence-corrected chi connectivity index (χ0v) is 13.1. The third-order valence-electron chi connectivity index (χ3n) is 3.03. The summed E-state index contributed by atoms with van der Waals surface area (Å²) in [7, 11) is 3.76. The molecule has 112 valence electrons. The summed E-state index contributed by atoms with van der Waals surface area (Å²) in [4.78, 5) is 14.7. The first kappa shape index (κ1) is 15.0. The fraction of sp³-hybridized carbons (Fsp3) is 0.400. The Balaban J connectivity index is 2.31. The van der Waals surface area contributed by atoms with Gasteiger partial charge in [-0.3, -0.25) is 0 Å². The minimum atomic E-state index is 0.285. The van der Waals surface area contributed by atoms with Gasteiger partial charge in [-0.15, -0.1) is 0 Å². The van der Waals surface area contributed by atoms with Gasteiger partial charge in [0.2, 0.25) is 11.9 Å². The summed E-state index contributed by atoms with van der Waals surface area (Å²) < 4.78 is 5.76. The van der Waals surface area contributed by atoms with Gasteiger partial charge in [0.15, 0.2) is 0 Å². The molecule has 0 saturated heterocycles. The molecule has 0 spiro atoms. The van der Waals surface area contributed by atoms with Crippen LogP contribution < -0.4 is 15.0 Å². The highest BCUT2D eigenvalue weighted by Crippen LogP contribution is 2.22. The molecule has 0 radical (unpaired) electrons. The Bertz CT molecular complexity index is 627. The van der Waals surface area contributed by atoms with Crippen molar-refractivity contribution in [2.45, 2.75) is 20.8 Å². The zero-order chi connectivity index (χ0) is 15.4. The van der Waals surface area contributed by atoms with Gasteiger partial charge >= 0.3 is 6.01 Å². The number of hydrogen-bond donors (Lipinski definition) is 1. The van der Waals surface area contributed by atoms with Crippen LogP contribution in [0.5, 0.6) is 11.8 Å². The van der Waals surface area contributed by atoms with Gasteiger partial charge in [0, 0.05) is 20.6 Å². The van der Waals surface area contributed by atoms with Crippen LogP contribution in [0, 0.1) is 13.8 Å². The second kappa shape index (κ2) is 6.39. The van der Waals surface area contributed by atoms with Crippen molar-refractivity contribution in [2.24, 2.45) is 0 Å². The smallest absolute Gasteiger partial charge is 0.328 e. The lowest BCUT2D eigenvalue weighted by atomic mass is 10.1. The van der Waals surface area contributed by atoms with Gasteiger partial charge in [-0.25, -0.2) is 0 Å². The Kier molecular flexibility index (Phi) is 4.57. The molecule has 0 aliphatic heterocycles. The van der Waals surface area contributed by atoms with Crippen LogP contribution in [0.15, 0.2) is 18.2 Å². The van der Waals surface area contributed by atoms with E-state index < -0.39 is 0 Å². The maximum absolute atomic E-state index is 5.76. The molecule has 21 heavy (non-hydrogen) atoms. The molecule has 2 rings (SSSR count). The minimum Gasteiger partial charge on any atom is -0.424 e. The van der Waals surface area contributed by atoms with E-state index in [1.165, 1.54) is 11.1 Å². The lowest BCUT2D eigenvalue weighted by Gasteiger charge is -2.13. The summed E-state index contributed by atoms with van der Waals surface area (Å²) in [6.07, 6.45) is 0. The molecule has 6 nitrogen and oxygen atoms in total. The number of aromatic nitrogens is 3. The van der Waals surface area contributed by atoms with Crippen LogP contribution in [0.2, 0.25) is 0 Å². The van der Waals surface area contributed by atoms with E-state index in [9.17, 15) is 0 Å². The molecule has 1 aromatic carbocycles. The molecule has 0 unspecified atom stereocenters. The van der Waals surface area contributed by atoms with Crippen molar-refractivity contribution in [2.75, 3.05) is 30.9 Å². The van der Waals surface area contributed by atoms with Crippen LogP contribution in [0.1, 0.15) is 18.1 Å². The number of aryl methyl sites for hydroxylation is 2. The Hall–Kier alpha value is -2.37. The summed E-state index contributed by atoms with van der Waals surface area (Å²) >= 11 is 0. The molecule has 6 heteroatoms. The highest BCUT2D eigenvalue weighted by molar-refractivity contribution is 5.39. The van der Waals surface area contributed by atoms with E-state index in [1.54, 1.807) is 0 Å². The second-order valence-electron chi connectivity index (χ2n) is 5.01. The second-order valence-corrected chi connectivity index (χ2v) is 5.01. The summed E-state index contributed by atoms with van der Waals surface area (Å²) in [6.45, 7) is 6.84. The van der Waals surface area contributed by atoms with E-state index in [1.807, 2.05) is 51.0 Å². The minimum absolute atomic E-state index is 0.285. The lowest BCUT2D eigenvalue weighted by Crippen LogP contribution is -2.15. The molecule has 0 bridgehead atoms. The summed E-state index contributed by atoms with van der Waals surface area (Å²) in [5, 5.41) is 3.08. The van der Waals surface area contributed by atoms with Crippen molar-refractivity contribution >= 4 is 11.9 Å². The summed E-state index contributed by atoms with van der Waals surface area (Å²) in [5.74, 6) is 1.78. The fourth-order valence-electron chi connectivity index (χ4n) is 1.71. The molecular weight excluding hydrogens is 266 g/mol. The van der Waals surface area contributed by atoms with E-state index >= 15 is 0 Å². The molecule has 0 amide bonds. The van der Waals surface area contributed by atoms with Crippen molar-refractivity contribution in [1.82, 2.24) is 15.0 Å². The third kappa shape index (κ3) is 3.81. The first-order valence-electron chi connectivity index (χ1n) is 6.92. The number of nitrogens with one attached hydrogen (secondary N) is 1. The van der Waals surface area contributed by atoms with Crippen LogP contribution in [-0.4, -0.2) is 35.6 Å². The van der Waals surface area contributed by atoms with Crippen LogP contribution in [0.3, 0.4) is 0 Å². The first-order chi connectivity index (χ1) is 9.99. The van der Waals surface area contributed by atoms with E-state index in [0.717, 1.165) is 12.3 Å². The largest absolute Gasteiger partial charge is 0.424 e. The highest BCUT2D eigenvalue weighted by Gasteiger charge is 2.10. The van der Waals surface area contributed by atoms with E-state index in [4.69, 9.17) is 4.74 Å². The SMILES string of the molecule is CCNc1nc(Oc2ccc(C)c(C)c2)nc(N(C)C)n1. The van der Waals surface area contributed by atoms with Gasteiger partial charge in [-0.2, -0.15) is 15.0 Å². The molecule has 1 aromatic heterocycles. The Labute approximate surface area is 125 Å². The van der Waals surface area contributed by atoms with Crippen LogP contribution in [-0.2, 0) is 0 Å². The van der Waals surface area contributed by atoms with Gasteiger partial charge < -0.3 is 15.0 Å². The number of nitrogens with zero attached hydrogens (tertiary/aromatic N) is 4. The zero-order valence-electron chi connectivity index (χ0n) is 13.1. The summed E-state index contributed by atoms with van der Waals surface area (Å²) in [5.41, 5.74) is 2.39. The standard InChI is InChI=1S/C15H21N5O/c1-6-16-13-17-14(20(4)5)19-15(18-13)21-12-8-7-10(2)11(3)9-12/h7-9H,6H2,1-5H3,(H,16,17,18,19). The van der Waals surface area contributed by atoms with Crippen molar-refractivity contribution in [1.29, 1.82) is 0 Å². The number of anilines is 2. The molecule has 1 N–H and O–H groups in total. The third-order valence-corrected chi connectivity index (χ3v) is 3.03. The Morgan fingerprint density at radius 2 is 1.86 bits per heavy atom. The topological polar surface area (TPSA) is 63.2 Å². The summed E-state index contributed by atoms with van der Waals surface area (Å²) in [6, 6.07) is 6.19. The molecule has 0 saturated carbocycles. The van der Waals surface area contributed by atoms with Gasteiger partial charge in [0.1, 0.15) is 5.75 Å². The monoisotopic (exact) mass is 287 g/mol. The van der Waals surface area contributed by atoms with Gasteiger partial charge in [0.25, 0.3) is 0 Å². The van der Waals surface area contributed by atoms with Gasteiger partial charge in [-0.05, 0) is 44.0 Å². The number of ether oxygens (including phenoxy) is 1. The average Bonchev–Trinajstić information content (AvgIpc) is 2.43. The molecule has 0 aliphatic carbocycles. The maximum Gasteiger partial charge on any atom is 0.328 e. The fourth-order valence-corrected chi connectivity index (χ4v) is 1.71.